The van der Waals surface area contributed by atoms with Crippen LogP contribution in [0.5, 0.6) is 5.75 Å². The Morgan fingerprint density at radius 2 is 1.77 bits per heavy atom. The molecule has 5 N–H and O–H groups in total. The van der Waals surface area contributed by atoms with E-state index >= 15 is 0 Å². The highest BCUT2D eigenvalue weighted by Gasteiger charge is 2.43. The molecule has 3 atom stereocenters. The molecule has 1 saturated carbocycles. The Morgan fingerprint density at radius 3 is 2.52 bits per heavy atom. The molecule has 1 unspecified atom stereocenters. The normalized spacial score (nSPS) is 22.8. The van der Waals surface area contributed by atoms with Crippen molar-refractivity contribution in [2.75, 3.05) is 67.4 Å². The first-order valence-electron chi connectivity index (χ1n) is 22.8. The molecule has 0 bridgehead atoms. The lowest BCUT2D eigenvalue weighted by molar-refractivity contribution is -0.137. The minimum absolute atomic E-state index is 0.000457. The Morgan fingerprint density at radius 1 is 0.969 bits per heavy atom. The highest BCUT2D eigenvalue weighted by molar-refractivity contribution is 6.08. The third-order valence-corrected chi connectivity index (χ3v) is 13.8. The number of ether oxygens (including phenoxy) is 2. The molecule has 19 heteroatoms. The maximum atomic E-state index is 13.5. The van der Waals surface area contributed by atoms with E-state index in [-0.39, 0.29) is 73.7 Å². The smallest absolute Gasteiger partial charge is 0.255 e. The number of piperidine rings is 2. The zero-order valence-electron chi connectivity index (χ0n) is 37.1. The number of hydrogen-bond acceptors (Lipinski definition) is 14. The van der Waals surface area contributed by atoms with Crippen molar-refractivity contribution in [3.63, 3.8) is 0 Å². The van der Waals surface area contributed by atoms with Crippen LogP contribution in [0.2, 0.25) is 0 Å². The van der Waals surface area contributed by atoms with Gasteiger partial charge in [0.15, 0.2) is 5.82 Å². The Balaban J connectivity index is 0.732. The number of rotatable bonds is 13. The van der Waals surface area contributed by atoms with Crippen LogP contribution in [0.1, 0.15) is 96.6 Å². The van der Waals surface area contributed by atoms with Gasteiger partial charge in [0.05, 0.1) is 37.9 Å². The molecule has 344 valence electrons. The van der Waals surface area contributed by atoms with Crippen molar-refractivity contribution < 1.29 is 38.2 Å². The number of anilines is 5. The molecule has 2 aromatic carbocycles. The van der Waals surface area contributed by atoms with Crippen LogP contribution in [0.15, 0.2) is 36.5 Å². The first-order chi connectivity index (χ1) is 31.5. The van der Waals surface area contributed by atoms with Gasteiger partial charge in [-0.3, -0.25) is 39.4 Å². The maximum absolute atomic E-state index is 13.5. The minimum Gasteiger partial charge on any atom is -0.495 e. The third kappa shape index (κ3) is 8.83. The van der Waals surface area contributed by atoms with E-state index in [1.165, 1.54) is 4.90 Å². The van der Waals surface area contributed by atoms with Crippen molar-refractivity contribution in [3.05, 3.63) is 58.8 Å². The largest absolute Gasteiger partial charge is 0.495 e. The monoisotopic (exact) mass is 891 g/mol. The lowest BCUT2D eigenvalue weighted by Gasteiger charge is -2.43. The van der Waals surface area contributed by atoms with E-state index in [1.54, 1.807) is 49.5 Å². The zero-order valence-corrected chi connectivity index (χ0v) is 37.1. The number of likely N-dealkylation sites (N-methyl/N-ethyl adjacent to an activating group) is 1. The van der Waals surface area contributed by atoms with Gasteiger partial charge in [0.2, 0.25) is 29.6 Å². The standard InChI is InChI=1S/C46H57N11O8/c1-4-34-45(63)54(2)36-23-48-46(53-40(36)57(34)29-7-5-6-8-29)50-32-12-10-26(21-37(32)64-3)41(59)49-28-15-17-55(18-16-28)19-20-65-25-33-42(60)52-39-27(22-47-33)9-11-30-31(39)24-56(44(30)62)35-13-14-38(58)51-43(35)61/h9-12,21,23,28-29,33-35,47H,4-8,13-20,22,24-25H2,1-3H3,(H,49,59)(H,52,60)(H,48,50,53)(H,51,58,61)/t33-,34-,35?/m1/s1. The first-order valence-corrected chi connectivity index (χ1v) is 22.8. The van der Waals surface area contributed by atoms with Crippen molar-refractivity contribution in [2.24, 2.45) is 0 Å². The number of hydrogen-bond donors (Lipinski definition) is 5. The van der Waals surface area contributed by atoms with Gasteiger partial charge in [-0.25, -0.2) is 4.98 Å². The second-order valence-corrected chi connectivity index (χ2v) is 17.7. The summed E-state index contributed by atoms with van der Waals surface area (Å²) in [4.78, 5) is 94.8. The summed E-state index contributed by atoms with van der Waals surface area (Å²) in [5.74, 6) is 0.0785. The van der Waals surface area contributed by atoms with Gasteiger partial charge in [0, 0.05) is 75.0 Å². The van der Waals surface area contributed by atoms with Crippen molar-refractivity contribution >= 4 is 64.3 Å². The van der Waals surface area contributed by atoms with Crippen molar-refractivity contribution in [1.82, 2.24) is 35.7 Å². The van der Waals surface area contributed by atoms with E-state index in [4.69, 9.17) is 14.5 Å². The molecule has 19 nitrogen and oxygen atoms in total. The van der Waals surface area contributed by atoms with Gasteiger partial charge in [0.1, 0.15) is 29.6 Å². The van der Waals surface area contributed by atoms with Crippen LogP contribution < -0.4 is 41.1 Å². The Labute approximate surface area is 377 Å². The number of imide groups is 1. The predicted molar refractivity (Wildman–Crippen MR) is 240 cm³/mol. The molecular weight excluding hydrogens is 835 g/mol. The molecule has 6 aliphatic rings. The number of methoxy groups -OCH3 is 1. The van der Waals surface area contributed by atoms with Crippen LogP contribution >= 0.6 is 0 Å². The van der Waals surface area contributed by atoms with Crippen LogP contribution in [0.3, 0.4) is 0 Å². The number of nitrogens with one attached hydrogen (secondary N) is 5. The van der Waals surface area contributed by atoms with Crippen LogP contribution in [0.25, 0.3) is 0 Å². The first kappa shape index (κ1) is 44.0. The molecule has 0 radical (unpaired) electrons. The highest BCUT2D eigenvalue weighted by atomic mass is 16.5. The van der Waals surface area contributed by atoms with Crippen molar-refractivity contribution in [2.45, 2.75) is 108 Å². The summed E-state index contributed by atoms with van der Waals surface area (Å²) in [6.45, 7) is 5.41. The lowest BCUT2D eigenvalue weighted by atomic mass is 10.0. The third-order valence-electron chi connectivity index (χ3n) is 13.8. The Bertz CT molecular complexity index is 2380. The van der Waals surface area contributed by atoms with E-state index in [2.05, 4.69) is 41.4 Å². The van der Waals surface area contributed by atoms with Gasteiger partial charge < -0.3 is 45.0 Å². The SMILES string of the molecule is CC[C@@H]1C(=O)N(C)c2cnc(Nc3ccc(C(=O)NC4CCN(CCOC[C@H]5NCc6ccc7c(c6NC5=O)CN(C5CCC(=O)NC5=O)C7=O)CC4)cc3OC)nc2N1C1CCCC1. The van der Waals surface area contributed by atoms with Crippen molar-refractivity contribution in [3.8, 4) is 5.75 Å². The summed E-state index contributed by atoms with van der Waals surface area (Å²) in [5.41, 5.74) is 4.30. The van der Waals surface area contributed by atoms with Gasteiger partial charge in [-0.05, 0) is 68.4 Å². The quantitative estimate of drug-likeness (QED) is 0.123. The van der Waals surface area contributed by atoms with E-state index in [1.807, 2.05) is 13.0 Å². The summed E-state index contributed by atoms with van der Waals surface area (Å²) in [5, 5.41) is 15.1. The van der Waals surface area contributed by atoms with E-state index < -0.39 is 18.0 Å². The van der Waals surface area contributed by atoms with E-state index in [0.29, 0.717) is 71.6 Å². The summed E-state index contributed by atoms with van der Waals surface area (Å²) >= 11 is 0. The van der Waals surface area contributed by atoms with Crippen LogP contribution in [0, 0.1) is 0 Å². The molecule has 3 fully saturated rings. The van der Waals surface area contributed by atoms with Gasteiger partial charge in [-0.1, -0.05) is 25.8 Å². The fourth-order valence-electron chi connectivity index (χ4n) is 10.1. The molecule has 65 heavy (non-hydrogen) atoms. The van der Waals surface area contributed by atoms with Crippen LogP contribution in [-0.4, -0.2) is 132 Å². The minimum atomic E-state index is -0.740. The molecule has 3 aromatic rings. The van der Waals surface area contributed by atoms with E-state index in [0.717, 1.165) is 63.0 Å². The molecular formula is C46H57N11O8. The molecule has 1 aromatic heterocycles. The second-order valence-electron chi connectivity index (χ2n) is 17.7. The fourth-order valence-corrected chi connectivity index (χ4v) is 10.1. The second kappa shape index (κ2) is 18.7. The van der Waals surface area contributed by atoms with Crippen LogP contribution in [-0.2, 0) is 37.0 Å². The average molecular weight is 892 g/mol. The zero-order chi connectivity index (χ0) is 45.4. The average Bonchev–Trinajstić information content (AvgIpc) is 3.92. The molecule has 1 aliphatic carbocycles. The molecule has 6 heterocycles. The summed E-state index contributed by atoms with van der Waals surface area (Å²) < 4.78 is 11.7. The Hall–Kier alpha value is -6.18. The van der Waals surface area contributed by atoms with Crippen molar-refractivity contribution in [1.29, 1.82) is 0 Å². The predicted octanol–water partition coefficient (Wildman–Crippen LogP) is 2.82. The maximum Gasteiger partial charge on any atom is 0.255 e. The highest BCUT2D eigenvalue weighted by Crippen LogP contribution is 2.41. The van der Waals surface area contributed by atoms with Crippen LogP contribution in [0.4, 0.5) is 28.8 Å². The number of carbonyl (C=O) groups excluding carboxylic acids is 6. The summed E-state index contributed by atoms with van der Waals surface area (Å²) in [6.07, 6.45) is 8.67. The van der Waals surface area contributed by atoms with Gasteiger partial charge in [0.25, 0.3) is 11.8 Å². The Kier molecular flexibility index (Phi) is 12.7. The number of likely N-dealkylation sites (tertiary alicyclic amines) is 1. The fraction of sp³-hybridized carbons (Fsp3) is 0.522. The lowest BCUT2D eigenvalue weighted by Crippen LogP contribution is -2.55. The molecule has 6 amide bonds. The van der Waals surface area contributed by atoms with E-state index in [9.17, 15) is 28.8 Å². The molecule has 9 rings (SSSR count). The number of benzene rings is 2. The number of amides is 6. The summed E-state index contributed by atoms with van der Waals surface area (Å²) in [6, 6.07) is 7.43. The number of aromatic nitrogens is 2. The van der Waals surface area contributed by atoms with Gasteiger partial charge in [-0.2, -0.15) is 4.98 Å². The summed E-state index contributed by atoms with van der Waals surface area (Å²) in [7, 11) is 3.33. The number of nitrogens with zero attached hydrogens (tertiary/aromatic N) is 6. The number of carbonyl (C=O) groups is 6. The topological polar surface area (TPSA) is 220 Å². The number of fused-ring (bicyclic) bond motifs is 4. The van der Waals surface area contributed by atoms with Gasteiger partial charge in [-0.15, -0.1) is 0 Å². The molecule has 0 spiro atoms. The molecule has 2 saturated heterocycles. The van der Waals surface area contributed by atoms with Gasteiger partial charge >= 0.3 is 0 Å². The molecule has 5 aliphatic heterocycles.